The number of amides is 1. The molecule has 0 heterocycles. The predicted molar refractivity (Wildman–Crippen MR) is 147 cm³/mol. The Morgan fingerprint density at radius 1 is 1.05 bits per heavy atom. The summed E-state index contributed by atoms with van der Waals surface area (Å²) in [5.74, 6) is 2.20. The maximum atomic E-state index is 12.4. The van der Waals surface area contributed by atoms with Crippen molar-refractivity contribution < 1.29 is 19.5 Å². The molecule has 4 aliphatic rings. The summed E-state index contributed by atoms with van der Waals surface area (Å²) >= 11 is 0. The third-order valence-corrected chi connectivity index (χ3v) is 12.0. The van der Waals surface area contributed by atoms with Crippen molar-refractivity contribution in [1.82, 2.24) is 5.48 Å². The van der Waals surface area contributed by atoms with Gasteiger partial charge >= 0.3 is 5.97 Å². The molecular formula is C32H51NO4. The minimum absolute atomic E-state index is 0.163. The second-order valence-electron chi connectivity index (χ2n) is 14.1. The van der Waals surface area contributed by atoms with Crippen molar-refractivity contribution in [3.8, 4) is 0 Å². The number of allylic oxidation sites excluding steroid dienone is 1. The topological polar surface area (TPSA) is 75.6 Å². The standard InChI is InChI=1S/C32H51NO4/c1-20(2)9-8-10-21(3)25-14-17-32(7)27-12-11-23-19-24(37-29(35)22(4)28(34)33-36)13-16-30(23,5)26(27)15-18-31(25,32)6/h11,20-21,24-27,36H,4,8-10,12-19H2,1-3,5-7H3,(H,33,34). The second-order valence-corrected chi connectivity index (χ2v) is 14.1. The van der Waals surface area contributed by atoms with Gasteiger partial charge in [0, 0.05) is 6.42 Å². The van der Waals surface area contributed by atoms with E-state index in [0.717, 1.165) is 49.4 Å². The molecule has 3 saturated carbocycles. The van der Waals surface area contributed by atoms with E-state index in [1.807, 2.05) is 0 Å². The van der Waals surface area contributed by atoms with Crippen molar-refractivity contribution >= 4 is 11.9 Å². The Morgan fingerprint density at radius 3 is 2.43 bits per heavy atom. The van der Waals surface area contributed by atoms with Crippen molar-refractivity contribution in [3.05, 3.63) is 23.8 Å². The van der Waals surface area contributed by atoms with Gasteiger partial charge in [-0.15, -0.1) is 0 Å². The number of carbonyl (C=O) groups is 2. The number of rotatable bonds is 8. The third kappa shape index (κ3) is 4.83. The quantitative estimate of drug-likeness (QED) is 0.0675. The molecule has 2 N–H and O–H groups in total. The van der Waals surface area contributed by atoms with Crippen molar-refractivity contribution in [2.45, 2.75) is 118 Å². The Labute approximate surface area is 224 Å². The first-order valence-electron chi connectivity index (χ1n) is 14.9. The average molecular weight is 514 g/mol. The van der Waals surface area contributed by atoms with E-state index in [0.29, 0.717) is 16.7 Å². The van der Waals surface area contributed by atoms with Crippen LogP contribution in [0.2, 0.25) is 0 Å². The van der Waals surface area contributed by atoms with Gasteiger partial charge in [-0.3, -0.25) is 10.0 Å². The lowest BCUT2D eigenvalue weighted by Gasteiger charge is -2.63. The summed E-state index contributed by atoms with van der Waals surface area (Å²) in [7, 11) is 0. The van der Waals surface area contributed by atoms with Gasteiger partial charge < -0.3 is 4.74 Å². The van der Waals surface area contributed by atoms with Gasteiger partial charge in [0.2, 0.25) is 0 Å². The summed E-state index contributed by atoms with van der Waals surface area (Å²) in [6.45, 7) is 18.4. The minimum atomic E-state index is -0.909. The van der Waals surface area contributed by atoms with Gasteiger partial charge in [-0.1, -0.05) is 79.0 Å². The Hall–Kier alpha value is -1.62. The molecule has 0 aromatic heterocycles. The number of nitrogens with one attached hydrogen (secondary N) is 1. The lowest BCUT2D eigenvalue weighted by atomic mass is 9.42. The summed E-state index contributed by atoms with van der Waals surface area (Å²) < 4.78 is 5.65. The SMILES string of the molecule is C=C(C(=O)NO)C(=O)OC1CCC2(C)C(=CCC3C2CCC2(C)C(C(C)CCCC(C)C)CCC32C)C1. The highest BCUT2D eigenvalue weighted by molar-refractivity contribution is 6.15. The fraction of sp³-hybridized carbons (Fsp3) is 0.812. The molecule has 37 heavy (non-hydrogen) atoms. The first-order chi connectivity index (χ1) is 17.4. The van der Waals surface area contributed by atoms with Gasteiger partial charge in [0.1, 0.15) is 11.7 Å². The first-order valence-corrected chi connectivity index (χ1v) is 14.9. The highest BCUT2D eigenvalue weighted by Crippen LogP contribution is 2.72. The normalized spacial score (nSPS) is 39.6. The molecule has 5 nitrogen and oxygen atoms in total. The van der Waals surface area contributed by atoms with Crippen LogP contribution in [0.1, 0.15) is 112 Å². The monoisotopic (exact) mass is 513 g/mol. The van der Waals surface area contributed by atoms with Crippen molar-refractivity contribution in [1.29, 1.82) is 0 Å². The van der Waals surface area contributed by atoms with Crippen LogP contribution in [0.5, 0.6) is 0 Å². The highest BCUT2D eigenvalue weighted by Gasteiger charge is 2.64. The van der Waals surface area contributed by atoms with Gasteiger partial charge in [-0.05, 0) is 90.8 Å². The molecular weight excluding hydrogens is 462 g/mol. The van der Waals surface area contributed by atoms with E-state index in [1.165, 1.54) is 56.0 Å². The van der Waals surface area contributed by atoms with E-state index in [9.17, 15) is 9.59 Å². The van der Waals surface area contributed by atoms with Gasteiger partial charge in [0.25, 0.3) is 5.91 Å². The van der Waals surface area contributed by atoms with Crippen LogP contribution in [0.4, 0.5) is 0 Å². The van der Waals surface area contributed by atoms with Crippen molar-refractivity contribution in [3.63, 3.8) is 0 Å². The lowest BCUT2D eigenvalue weighted by Crippen LogP contribution is -2.55. The number of hydrogen-bond acceptors (Lipinski definition) is 4. The highest BCUT2D eigenvalue weighted by atomic mass is 16.5. The third-order valence-electron chi connectivity index (χ3n) is 12.0. The molecule has 0 aromatic rings. The first kappa shape index (κ1) is 28.4. The molecule has 208 valence electrons. The zero-order valence-electron chi connectivity index (χ0n) is 24.2. The fourth-order valence-corrected chi connectivity index (χ4v) is 9.51. The maximum absolute atomic E-state index is 12.4. The molecule has 4 rings (SSSR count). The zero-order valence-corrected chi connectivity index (χ0v) is 24.2. The van der Waals surface area contributed by atoms with Gasteiger partial charge in [-0.25, -0.2) is 10.3 Å². The van der Waals surface area contributed by atoms with E-state index in [1.54, 1.807) is 0 Å². The van der Waals surface area contributed by atoms with E-state index in [2.05, 4.69) is 54.2 Å². The van der Waals surface area contributed by atoms with Gasteiger partial charge in [0.15, 0.2) is 0 Å². The molecule has 0 aromatic carbocycles. The number of esters is 1. The van der Waals surface area contributed by atoms with Crippen LogP contribution in [0.3, 0.4) is 0 Å². The molecule has 4 aliphatic carbocycles. The van der Waals surface area contributed by atoms with Crippen molar-refractivity contribution in [2.75, 3.05) is 0 Å². The molecule has 0 spiro atoms. The lowest BCUT2D eigenvalue weighted by molar-refractivity contribution is -0.150. The number of ether oxygens (including phenoxy) is 1. The second kappa shape index (κ2) is 10.5. The number of hydroxylamine groups is 1. The van der Waals surface area contributed by atoms with E-state index < -0.39 is 11.9 Å². The maximum Gasteiger partial charge on any atom is 0.343 e. The predicted octanol–water partition coefficient (Wildman–Crippen LogP) is 7.39. The van der Waals surface area contributed by atoms with Crippen LogP contribution in [-0.2, 0) is 14.3 Å². The molecule has 3 fully saturated rings. The molecule has 0 bridgehead atoms. The van der Waals surface area contributed by atoms with E-state index in [4.69, 9.17) is 9.94 Å². The smallest absolute Gasteiger partial charge is 0.343 e. The molecule has 8 atom stereocenters. The van der Waals surface area contributed by atoms with Crippen molar-refractivity contribution in [2.24, 2.45) is 45.8 Å². The van der Waals surface area contributed by atoms with Gasteiger partial charge in [0.05, 0.1) is 0 Å². The summed E-state index contributed by atoms with van der Waals surface area (Å²) in [6.07, 6.45) is 15.4. The molecule has 0 aliphatic heterocycles. The number of fused-ring (bicyclic) bond motifs is 5. The molecule has 0 saturated heterocycles. The van der Waals surface area contributed by atoms with Crippen LogP contribution < -0.4 is 5.48 Å². The largest absolute Gasteiger partial charge is 0.458 e. The Morgan fingerprint density at radius 2 is 1.76 bits per heavy atom. The molecule has 5 heteroatoms. The molecule has 1 amide bonds. The number of hydrogen-bond donors (Lipinski definition) is 2. The van der Waals surface area contributed by atoms with Crippen LogP contribution in [0.15, 0.2) is 23.8 Å². The van der Waals surface area contributed by atoms with Crippen LogP contribution >= 0.6 is 0 Å². The Kier molecular flexibility index (Phi) is 8.06. The fourth-order valence-electron chi connectivity index (χ4n) is 9.51. The summed E-state index contributed by atoms with van der Waals surface area (Å²) in [5.41, 5.74) is 3.52. The van der Waals surface area contributed by atoms with Crippen LogP contribution in [-0.4, -0.2) is 23.2 Å². The summed E-state index contributed by atoms with van der Waals surface area (Å²) in [5, 5.41) is 8.79. The summed E-state index contributed by atoms with van der Waals surface area (Å²) in [6, 6.07) is 0. The zero-order chi connectivity index (χ0) is 27.2. The van der Waals surface area contributed by atoms with E-state index >= 15 is 0 Å². The minimum Gasteiger partial charge on any atom is -0.458 e. The molecule has 8 unspecified atom stereocenters. The van der Waals surface area contributed by atoms with E-state index in [-0.39, 0.29) is 17.1 Å². The molecule has 0 radical (unpaired) electrons. The van der Waals surface area contributed by atoms with Crippen LogP contribution in [0.25, 0.3) is 0 Å². The Bertz CT molecular complexity index is 939. The van der Waals surface area contributed by atoms with Gasteiger partial charge in [-0.2, -0.15) is 0 Å². The average Bonchev–Trinajstić information content (AvgIpc) is 3.14. The van der Waals surface area contributed by atoms with Crippen LogP contribution in [0, 0.1) is 45.8 Å². The summed E-state index contributed by atoms with van der Waals surface area (Å²) in [4.78, 5) is 23.9. The number of carbonyl (C=O) groups excluding carboxylic acids is 2. The Balaban J connectivity index is 1.47.